The molecule has 1 aliphatic rings. The molecular formula is C10H14N4O2. The Morgan fingerprint density at radius 2 is 2.38 bits per heavy atom. The van der Waals surface area contributed by atoms with Crippen molar-refractivity contribution < 1.29 is 9.59 Å². The predicted octanol–water partition coefficient (Wildman–Crippen LogP) is -0.638. The molecule has 16 heavy (non-hydrogen) atoms. The van der Waals surface area contributed by atoms with Crippen molar-refractivity contribution in [3.05, 3.63) is 18.0 Å². The molecule has 2 rings (SSSR count). The van der Waals surface area contributed by atoms with E-state index in [4.69, 9.17) is 5.73 Å². The van der Waals surface area contributed by atoms with Crippen molar-refractivity contribution >= 4 is 11.8 Å². The average Bonchev–Trinajstić information content (AvgIpc) is 2.67. The van der Waals surface area contributed by atoms with Crippen LogP contribution in [0.3, 0.4) is 0 Å². The van der Waals surface area contributed by atoms with Gasteiger partial charge in [-0.2, -0.15) is 5.10 Å². The van der Waals surface area contributed by atoms with Gasteiger partial charge in [0.25, 0.3) is 0 Å². The van der Waals surface area contributed by atoms with Gasteiger partial charge in [0.1, 0.15) is 0 Å². The summed E-state index contributed by atoms with van der Waals surface area (Å²) in [6.45, 7) is 1.14. The quantitative estimate of drug-likeness (QED) is 0.666. The number of nitrogens with one attached hydrogen (secondary N) is 1. The fourth-order valence-corrected chi connectivity index (χ4v) is 1.80. The first kappa shape index (κ1) is 10.8. The molecule has 6 nitrogen and oxygen atoms in total. The highest BCUT2D eigenvalue weighted by atomic mass is 16.2. The highest BCUT2D eigenvalue weighted by Crippen LogP contribution is 2.22. The van der Waals surface area contributed by atoms with Crippen LogP contribution in [0.4, 0.5) is 0 Å². The zero-order chi connectivity index (χ0) is 11.5. The number of nitrogens with two attached hydrogens (primary N) is 1. The Kier molecular flexibility index (Phi) is 3.00. The van der Waals surface area contributed by atoms with Crippen LogP contribution in [0.2, 0.25) is 0 Å². The van der Waals surface area contributed by atoms with Gasteiger partial charge < -0.3 is 5.73 Å². The number of hydrogen-bond donors (Lipinski definition) is 2. The Hall–Kier alpha value is -1.69. The summed E-state index contributed by atoms with van der Waals surface area (Å²) >= 11 is 0. The van der Waals surface area contributed by atoms with Gasteiger partial charge in [0.2, 0.25) is 11.8 Å². The molecule has 2 heterocycles. The van der Waals surface area contributed by atoms with Gasteiger partial charge in [-0.25, -0.2) is 0 Å². The van der Waals surface area contributed by atoms with E-state index in [0.29, 0.717) is 31.6 Å². The maximum absolute atomic E-state index is 11.6. The lowest BCUT2D eigenvalue weighted by Crippen LogP contribution is -2.39. The summed E-state index contributed by atoms with van der Waals surface area (Å²) in [4.78, 5) is 22.6. The fraction of sp³-hybridized carbons (Fsp3) is 0.500. The van der Waals surface area contributed by atoms with Gasteiger partial charge in [0.05, 0.1) is 18.2 Å². The number of imide groups is 1. The Balaban J connectivity index is 2.11. The van der Waals surface area contributed by atoms with Gasteiger partial charge in [-0.3, -0.25) is 19.6 Å². The van der Waals surface area contributed by atoms with E-state index in [1.54, 1.807) is 16.9 Å². The summed E-state index contributed by atoms with van der Waals surface area (Å²) in [5.41, 5.74) is 6.12. The second-order valence-corrected chi connectivity index (χ2v) is 3.80. The van der Waals surface area contributed by atoms with E-state index in [9.17, 15) is 9.59 Å². The third-order valence-corrected chi connectivity index (χ3v) is 2.62. The third kappa shape index (κ3) is 2.11. The minimum absolute atomic E-state index is 0.206. The number of carbonyl (C=O) groups is 2. The maximum atomic E-state index is 11.6. The Morgan fingerprint density at radius 3 is 3.06 bits per heavy atom. The standard InChI is InChI=1S/C10H14N4O2/c11-4-6-14-5-3-8(13-14)7-1-2-9(15)12-10(7)16/h3,5,7H,1-2,4,6,11H2,(H,12,15,16). The number of nitrogens with zero attached hydrogens (tertiary/aromatic N) is 2. The van der Waals surface area contributed by atoms with E-state index in [1.165, 1.54) is 0 Å². The summed E-state index contributed by atoms with van der Waals surface area (Å²) in [5.74, 6) is -0.770. The lowest BCUT2D eigenvalue weighted by atomic mass is 9.95. The van der Waals surface area contributed by atoms with Crippen LogP contribution < -0.4 is 11.1 Å². The van der Waals surface area contributed by atoms with E-state index in [2.05, 4.69) is 10.4 Å². The van der Waals surface area contributed by atoms with Crippen molar-refractivity contribution in [3.8, 4) is 0 Å². The molecule has 1 aromatic heterocycles. The van der Waals surface area contributed by atoms with E-state index >= 15 is 0 Å². The van der Waals surface area contributed by atoms with Crippen LogP contribution in [-0.2, 0) is 16.1 Å². The molecule has 3 N–H and O–H groups in total. The molecule has 1 atom stereocenters. The summed E-state index contributed by atoms with van der Waals surface area (Å²) < 4.78 is 1.71. The monoisotopic (exact) mass is 222 g/mol. The molecule has 1 saturated heterocycles. The van der Waals surface area contributed by atoms with Gasteiger partial charge in [-0.05, 0) is 12.5 Å². The van der Waals surface area contributed by atoms with Gasteiger partial charge >= 0.3 is 0 Å². The highest BCUT2D eigenvalue weighted by molar-refractivity contribution is 6.00. The highest BCUT2D eigenvalue weighted by Gasteiger charge is 2.29. The molecule has 0 radical (unpaired) electrons. The van der Waals surface area contributed by atoms with Crippen molar-refractivity contribution in [2.75, 3.05) is 6.54 Å². The molecule has 86 valence electrons. The second kappa shape index (κ2) is 4.44. The van der Waals surface area contributed by atoms with Crippen molar-refractivity contribution in [3.63, 3.8) is 0 Å². The number of carbonyl (C=O) groups excluding carboxylic acids is 2. The largest absolute Gasteiger partial charge is 0.329 e. The van der Waals surface area contributed by atoms with Crippen molar-refractivity contribution in [1.29, 1.82) is 0 Å². The first-order valence-corrected chi connectivity index (χ1v) is 5.28. The summed E-state index contributed by atoms with van der Waals surface area (Å²) in [5, 5.41) is 6.58. The van der Waals surface area contributed by atoms with E-state index in [-0.39, 0.29) is 17.7 Å². The Bertz CT molecular complexity index is 413. The SMILES string of the molecule is NCCn1ccc(C2CCC(=O)NC2=O)n1. The molecule has 0 aromatic carbocycles. The molecule has 1 aromatic rings. The zero-order valence-electron chi connectivity index (χ0n) is 8.85. The molecule has 1 fully saturated rings. The number of aromatic nitrogens is 2. The molecule has 1 unspecified atom stereocenters. The minimum atomic E-state index is -0.309. The summed E-state index contributed by atoms with van der Waals surface area (Å²) in [6.07, 6.45) is 2.70. The maximum Gasteiger partial charge on any atom is 0.235 e. The smallest absolute Gasteiger partial charge is 0.235 e. The third-order valence-electron chi connectivity index (χ3n) is 2.62. The lowest BCUT2D eigenvalue weighted by Gasteiger charge is -2.18. The number of piperidine rings is 1. The zero-order valence-corrected chi connectivity index (χ0v) is 8.85. The fourth-order valence-electron chi connectivity index (χ4n) is 1.80. The van der Waals surface area contributed by atoms with Crippen LogP contribution in [0.1, 0.15) is 24.5 Å². The number of rotatable bonds is 3. The molecule has 2 amide bonds. The average molecular weight is 222 g/mol. The normalized spacial score (nSPS) is 20.9. The Morgan fingerprint density at radius 1 is 1.56 bits per heavy atom. The molecule has 0 spiro atoms. The molecule has 0 saturated carbocycles. The molecule has 1 aliphatic heterocycles. The van der Waals surface area contributed by atoms with Crippen LogP contribution >= 0.6 is 0 Å². The topological polar surface area (TPSA) is 90.0 Å². The van der Waals surface area contributed by atoms with Crippen LogP contribution in [0.25, 0.3) is 0 Å². The first-order chi connectivity index (χ1) is 7.70. The molecular weight excluding hydrogens is 208 g/mol. The van der Waals surface area contributed by atoms with Crippen LogP contribution in [-0.4, -0.2) is 28.1 Å². The van der Waals surface area contributed by atoms with E-state index in [1.807, 2.05) is 0 Å². The van der Waals surface area contributed by atoms with Gasteiger partial charge in [-0.1, -0.05) is 0 Å². The molecule has 6 heteroatoms. The van der Waals surface area contributed by atoms with E-state index < -0.39 is 0 Å². The second-order valence-electron chi connectivity index (χ2n) is 3.80. The summed E-state index contributed by atoms with van der Waals surface area (Å²) in [6, 6.07) is 1.80. The lowest BCUT2D eigenvalue weighted by molar-refractivity contribution is -0.134. The first-order valence-electron chi connectivity index (χ1n) is 5.28. The van der Waals surface area contributed by atoms with Gasteiger partial charge in [-0.15, -0.1) is 0 Å². The minimum Gasteiger partial charge on any atom is -0.329 e. The van der Waals surface area contributed by atoms with Crippen molar-refractivity contribution in [1.82, 2.24) is 15.1 Å². The number of hydrogen-bond acceptors (Lipinski definition) is 4. The summed E-state index contributed by atoms with van der Waals surface area (Å²) in [7, 11) is 0. The molecule has 0 bridgehead atoms. The van der Waals surface area contributed by atoms with Crippen LogP contribution in [0.5, 0.6) is 0 Å². The van der Waals surface area contributed by atoms with Crippen molar-refractivity contribution in [2.45, 2.75) is 25.3 Å². The van der Waals surface area contributed by atoms with Crippen LogP contribution in [0.15, 0.2) is 12.3 Å². The molecule has 0 aliphatic carbocycles. The van der Waals surface area contributed by atoms with Crippen molar-refractivity contribution in [2.24, 2.45) is 5.73 Å². The number of amides is 2. The predicted molar refractivity (Wildman–Crippen MR) is 56.4 cm³/mol. The van der Waals surface area contributed by atoms with Crippen LogP contribution in [0, 0.1) is 0 Å². The van der Waals surface area contributed by atoms with Gasteiger partial charge in [0.15, 0.2) is 0 Å². The van der Waals surface area contributed by atoms with E-state index in [0.717, 1.165) is 0 Å². The Labute approximate surface area is 92.8 Å². The van der Waals surface area contributed by atoms with Gasteiger partial charge in [0, 0.05) is 19.2 Å².